The highest BCUT2D eigenvalue weighted by molar-refractivity contribution is 6.00. The molecule has 0 saturated carbocycles. The van der Waals surface area contributed by atoms with Gasteiger partial charge < -0.3 is 5.32 Å². The third-order valence-electron chi connectivity index (χ3n) is 2.98. The summed E-state index contributed by atoms with van der Waals surface area (Å²) >= 11 is 0. The number of carbonyl (C=O) groups is 2. The maximum absolute atomic E-state index is 11.6. The van der Waals surface area contributed by atoms with Crippen molar-refractivity contribution in [1.29, 1.82) is 0 Å². The fourth-order valence-corrected chi connectivity index (χ4v) is 1.97. The van der Waals surface area contributed by atoms with Gasteiger partial charge in [0.05, 0.1) is 6.21 Å². The number of rotatable bonds is 6. The summed E-state index contributed by atoms with van der Waals surface area (Å²) in [7, 11) is 0. The summed E-state index contributed by atoms with van der Waals surface area (Å²) in [6.45, 7) is 3.82. The maximum atomic E-state index is 11.6. The fourth-order valence-electron chi connectivity index (χ4n) is 1.97. The minimum Gasteiger partial charge on any atom is -0.352 e. The van der Waals surface area contributed by atoms with Crippen LogP contribution >= 0.6 is 0 Å². The second kappa shape index (κ2) is 7.73. The Balaban J connectivity index is 1.95. The lowest BCUT2D eigenvalue weighted by atomic mass is 10.1. The van der Waals surface area contributed by atoms with Crippen molar-refractivity contribution < 1.29 is 9.59 Å². The summed E-state index contributed by atoms with van der Waals surface area (Å²) in [5.41, 5.74) is 3.24. The number of hydrogen-bond acceptors (Lipinski definition) is 3. The zero-order valence-corrected chi connectivity index (χ0v) is 12.1. The van der Waals surface area contributed by atoms with E-state index < -0.39 is 5.91 Å². The van der Waals surface area contributed by atoms with Crippen LogP contribution in [-0.2, 0) is 9.59 Å². The largest absolute Gasteiger partial charge is 0.352 e. The highest BCUT2D eigenvalue weighted by Gasteiger charge is 2.07. The molecule has 5 nitrogen and oxygen atoms in total. The van der Waals surface area contributed by atoms with Gasteiger partial charge >= 0.3 is 0 Å². The molecule has 2 rings (SSSR count). The van der Waals surface area contributed by atoms with E-state index in [2.05, 4.69) is 22.4 Å². The molecule has 0 aromatic heterocycles. The molecule has 0 aliphatic rings. The highest BCUT2D eigenvalue weighted by Crippen LogP contribution is 2.16. The quantitative estimate of drug-likeness (QED) is 0.370. The van der Waals surface area contributed by atoms with Crippen molar-refractivity contribution >= 4 is 28.8 Å². The van der Waals surface area contributed by atoms with Crippen molar-refractivity contribution in [2.24, 2.45) is 5.10 Å². The third-order valence-corrected chi connectivity index (χ3v) is 2.98. The minimum atomic E-state index is -0.460. The van der Waals surface area contributed by atoms with E-state index >= 15 is 0 Å². The van der Waals surface area contributed by atoms with Crippen molar-refractivity contribution in [3.05, 3.63) is 60.7 Å². The molecule has 0 heterocycles. The SMILES string of the molecule is C=CCNC(=O)CC(=O)NN=Cc1cccc2ccccc12. The van der Waals surface area contributed by atoms with Crippen molar-refractivity contribution in [2.45, 2.75) is 6.42 Å². The number of nitrogens with one attached hydrogen (secondary N) is 2. The Morgan fingerprint density at radius 3 is 2.68 bits per heavy atom. The summed E-state index contributed by atoms with van der Waals surface area (Å²) < 4.78 is 0. The molecule has 0 unspecified atom stereocenters. The van der Waals surface area contributed by atoms with Gasteiger partial charge in [0.25, 0.3) is 0 Å². The summed E-state index contributed by atoms with van der Waals surface area (Å²) in [6, 6.07) is 13.8. The van der Waals surface area contributed by atoms with Crippen molar-refractivity contribution in [1.82, 2.24) is 10.7 Å². The van der Waals surface area contributed by atoms with E-state index in [1.54, 1.807) is 12.3 Å². The zero-order valence-electron chi connectivity index (χ0n) is 12.1. The molecule has 2 N–H and O–H groups in total. The molecule has 0 atom stereocenters. The topological polar surface area (TPSA) is 70.6 Å². The van der Waals surface area contributed by atoms with Gasteiger partial charge in [-0.1, -0.05) is 48.5 Å². The fraction of sp³-hybridized carbons (Fsp3) is 0.118. The van der Waals surface area contributed by atoms with Crippen molar-refractivity contribution in [2.75, 3.05) is 6.54 Å². The van der Waals surface area contributed by atoms with Crippen molar-refractivity contribution in [3.8, 4) is 0 Å². The molecule has 22 heavy (non-hydrogen) atoms. The molecule has 0 aliphatic heterocycles. The Morgan fingerprint density at radius 1 is 1.09 bits per heavy atom. The molecule has 0 radical (unpaired) electrons. The Labute approximate surface area is 128 Å². The van der Waals surface area contributed by atoms with Gasteiger partial charge in [0, 0.05) is 12.1 Å². The van der Waals surface area contributed by atoms with Gasteiger partial charge in [-0.15, -0.1) is 6.58 Å². The summed E-state index contributed by atoms with van der Waals surface area (Å²) in [6.07, 6.45) is 2.86. The second-order valence-electron chi connectivity index (χ2n) is 4.63. The standard InChI is InChI=1S/C17H17N3O2/c1-2-10-18-16(21)11-17(22)20-19-12-14-8-5-7-13-6-3-4-9-15(13)14/h2-9,12H,1,10-11H2,(H,18,21)(H,20,22). The predicted octanol–water partition coefficient (Wildman–Crippen LogP) is 1.98. The first-order valence-corrected chi connectivity index (χ1v) is 6.88. The van der Waals surface area contributed by atoms with Gasteiger partial charge in [0.2, 0.25) is 11.8 Å². The lowest BCUT2D eigenvalue weighted by Gasteiger charge is -2.02. The molecular formula is C17H17N3O2. The van der Waals surface area contributed by atoms with E-state index in [4.69, 9.17) is 0 Å². The second-order valence-corrected chi connectivity index (χ2v) is 4.63. The monoisotopic (exact) mass is 295 g/mol. The van der Waals surface area contributed by atoms with E-state index in [0.717, 1.165) is 16.3 Å². The first-order valence-electron chi connectivity index (χ1n) is 6.88. The molecule has 112 valence electrons. The lowest BCUT2D eigenvalue weighted by Crippen LogP contribution is -2.29. The van der Waals surface area contributed by atoms with Crippen LogP contribution in [0.3, 0.4) is 0 Å². The minimum absolute atomic E-state index is 0.263. The van der Waals surface area contributed by atoms with Crippen molar-refractivity contribution in [3.63, 3.8) is 0 Å². The molecule has 2 aromatic rings. The van der Waals surface area contributed by atoms with Gasteiger partial charge in [0.15, 0.2) is 0 Å². The van der Waals surface area contributed by atoms with E-state index in [9.17, 15) is 9.59 Å². The third kappa shape index (κ3) is 4.28. The molecule has 2 amide bonds. The number of fused-ring (bicyclic) bond motifs is 1. The normalized spacial score (nSPS) is 10.5. The Kier molecular flexibility index (Phi) is 5.43. The van der Waals surface area contributed by atoms with Crippen LogP contribution in [-0.4, -0.2) is 24.6 Å². The molecule has 2 aromatic carbocycles. The summed E-state index contributed by atoms with van der Waals surface area (Å²) in [5, 5.41) is 8.57. The maximum Gasteiger partial charge on any atom is 0.249 e. The number of carbonyl (C=O) groups excluding carboxylic acids is 2. The van der Waals surface area contributed by atoms with E-state index in [1.807, 2.05) is 42.5 Å². The lowest BCUT2D eigenvalue weighted by molar-refractivity contribution is -0.129. The van der Waals surface area contributed by atoms with Gasteiger partial charge in [-0.3, -0.25) is 9.59 Å². The summed E-state index contributed by atoms with van der Waals surface area (Å²) in [5.74, 6) is -0.823. The van der Waals surface area contributed by atoms with Crippen LogP contribution in [0.5, 0.6) is 0 Å². The molecule has 0 aliphatic carbocycles. The van der Waals surface area contributed by atoms with Gasteiger partial charge in [-0.05, 0) is 10.8 Å². The Bertz CT molecular complexity index is 717. The van der Waals surface area contributed by atoms with Gasteiger partial charge in [0.1, 0.15) is 6.42 Å². The van der Waals surface area contributed by atoms with Crippen LogP contribution in [0.25, 0.3) is 10.8 Å². The van der Waals surface area contributed by atoms with E-state index in [1.165, 1.54) is 0 Å². The predicted molar refractivity (Wildman–Crippen MR) is 87.5 cm³/mol. The van der Waals surface area contributed by atoms with Crippen LogP contribution < -0.4 is 10.7 Å². The average molecular weight is 295 g/mol. The Morgan fingerprint density at radius 2 is 1.86 bits per heavy atom. The molecule has 0 bridgehead atoms. The van der Waals surface area contributed by atoms with Crippen LogP contribution in [0.2, 0.25) is 0 Å². The van der Waals surface area contributed by atoms with Crippen LogP contribution in [0.4, 0.5) is 0 Å². The first-order chi connectivity index (χ1) is 10.7. The zero-order chi connectivity index (χ0) is 15.8. The molecular weight excluding hydrogens is 278 g/mol. The average Bonchev–Trinajstić information content (AvgIpc) is 2.53. The molecule has 0 spiro atoms. The van der Waals surface area contributed by atoms with Gasteiger partial charge in [-0.2, -0.15) is 5.10 Å². The van der Waals surface area contributed by atoms with E-state index in [-0.39, 0.29) is 12.3 Å². The molecule has 0 saturated heterocycles. The van der Waals surface area contributed by atoms with E-state index in [0.29, 0.717) is 6.54 Å². The number of amides is 2. The number of nitrogens with zero attached hydrogens (tertiary/aromatic N) is 1. The molecule has 0 fully saturated rings. The smallest absolute Gasteiger partial charge is 0.249 e. The number of hydrogen-bond donors (Lipinski definition) is 2. The highest BCUT2D eigenvalue weighted by atomic mass is 16.2. The molecule has 5 heteroatoms. The van der Waals surface area contributed by atoms with Crippen LogP contribution in [0, 0.1) is 0 Å². The van der Waals surface area contributed by atoms with Crippen LogP contribution in [0.15, 0.2) is 60.2 Å². The first kappa shape index (κ1) is 15.4. The summed E-state index contributed by atoms with van der Waals surface area (Å²) in [4.78, 5) is 22.9. The van der Waals surface area contributed by atoms with Gasteiger partial charge in [-0.25, -0.2) is 5.43 Å². The van der Waals surface area contributed by atoms with Crippen LogP contribution in [0.1, 0.15) is 12.0 Å². The number of hydrazone groups is 1. The Hall–Kier alpha value is -2.95. The number of benzene rings is 2.